The Hall–Kier alpha value is 0.320. The highest BCUT2D eigenvalue weighted by Gasteiger charge is 2.26. The summed E-state index contributed by atoms with van der Waals surface area (Å²) in [4.78, 5) is 50.3. The molecule has 1 aromatic carbocycles. The van der Waals surface area contributed by atoms with Crippen molar-refractivity contribution in [3.63, 3.8) is 0 Å². The fourth-order valence-electron chi connectivity index (χ4n) is 2.66. The quantitative estimate of drug-likeness (QED) is 0.118. The molecule has 0 spiro atoms. The number of halogens is 1. The summed E-state index contributed by atoms with van der Waals surface area (Å²) < 4.78 is 36.7. The van der Waals surface area contributed by atoms with Crippen LogP contribution in [0, 0.1) is 0 Å². The minimum atomic E-state index is -4.23. The van der Waals surface area contributed by atoms with Crippen LogP contribution in [0.2, 0.25) is 0 Å². The van der Waals surface area contributed by atoms with Crippen LogP contribution in [0.5, 0.6) is 0 Å². The van der Waals surface area contributed by atoms with E-state index >= 15 is 0 Å². The fourth-order valence-corrected chi connectivity index (χ4v) is 7.10. The Morgan fingerprint density at radius 3 is 1.77 bits per heavy atom. The molecular formula is C15H29IN3O8P3. The molecule has 0 aliphatic rings. The molecule has 1 atom stereocenters. The first-order valence-electron chi connectivity index (χ1n) is 9.04. The van der Waals surface area contributed by atoms with Crippen molar-refractivity contribution in [2.75, 3.05) is 51.6 Å². The van der Waals surface area contributed by atoms with Gasteiger partial charge in [-0.2, -0.15) is 0 Å². The highest BCUT2D eigenvalue weighted by molar-refractivity contribution is 14.1. The summed E-state index contributed by atoms with van der Waals surface area (Å²) in [6.07, 6.45) is -1.05. The molecule has 0 aliphatic heterocycles. The van der Waals surface area contributed by atoms with Gasteiger partial charge in [0.2, 0.25) is 7.37 Å². The summed E-state index contributed by atoms with van der Waals surface area (Å²) in [6, 6.07) is 8.17. The Morgan fingerprint density at radius 1 is 0.767 bits per heavy atom. The van der Waals surface area contributed by atoms with Gasteiger partial charge in [-0.1, -0.05) is 25.1 Å². The summed E-state index contributed by atoms with van der Waals surface area (Å²) in [7, 11) is -12.2. The first-order chi connectivity index (χ1) is 13.7. The average molecular weight is 599 g/mol. The molecule has 15 heteroatoms. The smallest absolute Gasteiger partial charge is 0.340 e. The van der Waals surface area contributed by atoms with E-state index < -0.39 is 35.1 Å². The van der Waals surface area contributed by atoms with E-state index in [-0.39, 0.29) is 32.5 Å². The van der Waals surface area contributed by atoms with Crippen molar-refractivity contribution in [1.29, 1.82) is 0 Å². The van der Waals surface area contributed by atoms with E-state index in [1.807, 2.05) is 0 Å². The molecule has 0 aromatic heterocycles. The largest absolute Gasteiger partial charge is 0.340 e. The second-order valence-corrected chi connectivity index (χ2v) is 13.6. The maximum Gasteiger partial charge on any atom is 0.340 e. The van der Waals surface area contributed by atoms with Gasteiger partial charge in [-0.25, -0.2) is 3.11 Å². The number of rotatable bonds is 14. The van der Waals surface area contributed by atoms with Crippen LogP contribution in [0.15, 0.2) is 30.3 Å². The Kier molecular flexibility index (Phi) is 11.8. The third kappa shape index (κ3) is 12.4. The van der Waals surface area contributed by atoms with Crippen LogP contribution in [0.3, 0.4) is 0 Å². The monoisotopic (exact) mass is 599 g/mol. The summed E-state index contributed by atoms with van der Waals surface area (Å²) in [5, 5.41) is 0.291. The van der Waals surface area contributed by atoms with Gasteiger partial charge in [0.1, 0.15) is 12.6 Å². The number of benzene rings is 1. The molecule has 0 radical (unpaired) electrons. The highest BCUT2D eigenvalue weighted by Crippen LogP contribution is 2.40. The van der Waals surface area contributed by atoms with Crippen LogP contribution in [0.4, 0.5) is 0 Å². The fraction of sp³-hybridized carbons (Fsp3) is 0.600. The maximum atomic E-state index is 12.9. The normalized spacial score (nSPS) is 15.1. The Bertz CT molecular complexity index is 791. The maximum absolute atomic E-state index is 12.9. The van der Waals surface area contributed by atoms with Crippen molar-refractivity contribution >= 4 is 50.7 Å². The molecule has 30 heavy (non-hydrogen) atoms. The average Bonchev–Trinajstić information content (AvgIpc) is 2.61. The van der Waals surface area contributed by atoms with Gasteiger partial charge in [-0.15, -0.1) is 0 Å². The van der Waals surface area contributed by atoms with Crippen molar-refractivity contribution in [3.8, 4) is 0 Å². The molecule has 0 bridgehead atoms. The van der Waals surface area contributed by atoms with Crippen molar-refractivity contribution in [3.05, 3.63) is 30.3 Å². The molecule has 0 aliphatic carbocycles. The van der Waals surface area contributed by atoms with Crippen LogP contribution in [0.25, 0.3) is 0 Å². The number of likely N-dealkylation sites (N-methyl/N-ethyl adjacent to an activating group) is 1. The molecule has 1 rings (SSSR count). The van der Waals surface area contributed by atoms with E-state index in [2.05, 4.69) is 0 Å². The zero-order chi connectivity index (χ0) is 23.0. The van der Waals surface area contributed by atoms with Gasteiger partial charge in [0.25, 0.3) is 0 Å². The summed E-state index contributed by atoms with van der Waals surface area (Å²) in [5.74, 6) is 0. The minimum Gasteiger partial charge on any atom is -0.340 e. The molecule has 0 amide bonds. The molecule has 0 heterocycles. The summed E-state index contributed by atoms with van der Waals surface area (Å²) in [5.41, 5.74) is 0. The zero-order valence-corrected chi connectivity index (χ0v) is 21.4. The van der Waals surface area contributed by atoms with Crippen molar-refractivity contribution in [1.82, 2.24) is 12.9 Å². The molecule has 0 fully saturated rings. The molecule has 5 N–H and O–H groups in total. The van der Waals surface area contributed by atoms with Gasteiger partial charge in [-0.3, -0.25) is 23.5 Å². The van der Waals surface area contributed by atoms with Gasteiger partial charge in [-0.05, 0) is 18.7 Å². The first-order valence-corrected chi connectivity index (χ1v) is 15.4. The summed E-state index contributed by atoms with van der Waals surface area (Å²) in [6.45, 7) is 3.14. The number of hydrogen-bond donors (Lipinski definition) is 5. The lowest BCUT2D eigenvalue weighted by Crippen LogP contribution is -2.39. The molecular weight excluding hydrogens is 570 g/mol. The third-order valence-corrected chi connectivity index (χ3v) is 8.84. The second kappa shape index (κ2) is 12.5. The van der Waals surface area contributed by atoms with Gasteiger partial charge < -0.3 is 24.5 Å². The minimum absolute atomic E-state index is 0.190. The predicted molar refractivity (Wildman–Crippen MR) is 124 cm³/mol. The summed E-state index contributed by atoms with van der Waals surface area (Å²) >= 11 is 1.79. The van der Waals surface area contributed by atoms with Gasteiger partial charge >= 0.3 is 15.2 Å². The van der Waals surface area contributed by atoms with E-state index in [4.69, 9.17) is 9.79 Å². The Balaban J connectivity index is 2.85. The van der Waals surface area contributed by atoms with Crippen molar-refractivity contribution < 1.29 is 38.2 Å². The van der Waals surface area contributed by atoms with E-state index in [9.17, 15) is 28.4 Å². The van der Waals surface area contributed by atoms with Crippen LogP contribution in [0.1, 0.15) is 6.92 Å². The van der Waals surface area contributed by atoms with Crippen LogP contribution in [-0.2, 0) is 13.7 Å². The molecule has 1 aromatic rings. The molecule has 11 nitrogen and oxygen atoms in total. The molecule has 1 unspecified atom stereocenters. The topological polar surface area (TPSA) is 162 Å². The lowest BCUT2D eigenvalue weighted by atomic mass is 10.4. The third-order valence-electron chi connectivity index (χ3n) is 4.11. The van der Waals surface area contributed by atoms with Crippen LogP contribution in [-0.4, -0.2) is 89.0 Å². The van der Waals surface area contributed by atoms with Gasteiger partial charge in [0.05, 0.1) is 6.29 Å². The van der Waals surface area contributed by atoms with Crippen molar-refractivity contribution in [2.45, 2.75) is 6.92 Å². The Labute approximate surface area is 190 Å². The van der Waals surface area contributed by atoms with E-state index in [0.29, 0.717) is 11.8 Å². The lowest BCUT2D eigenvalue weighted by Gasteiger charge is -2.29. The predicted octanol–water partition coefficient (Wildman–Crippen LogP) is 1.09. The highest BCUT2D eigenvalue weighted by atomic mass is 127. The van der Waals surface area contributed by atoms with E-state index in [0.717, 1.165) is 0 Å². The van der Waals surface area contributed by atoms with Gasteiger partial charge in [0, 0.05) is 54.3 Å². The first kappa shape index (κ1) is 28.4. The zero-order valence-electron chi connectivity index (χ0n) is 16.6. The molecule has 0 saturated carbocycles. The molecule has 174 valence electrons. The van der Waals surface area contributed by atoms with E-state index in [1.54, 1.807) is 69.9 Å². The van der Waals surface area contributed by atoms with Crippen LogP contribution < -0.4 is 5.30 Å². The van der Waals surface area contributed by atoms with Gasteiger partial charge in [0.15, 0.2) is 0 Å². The Morgan fingerprint density at radius 2 is 1.27 bits per heavy atom. The molecule has 0 saturated heterocycles. The van der Waals surface area contributed by atoms with Crippen LogP contribution >= 0.6 is 45.4 Å². The lowest BCUT2D eigenvalue weighted by molar-refractivity contribution is 0.224. The standard InChI is InChI=1S/C15H29IN3O8P3/c1-2-17(13-29(22,23)24)8-9-18(10-11-19(16)14-30(25,26)27)12-28(20,21)15-6-4-3-5-7-15/h3-7H,2,8-14H2,1H3,(H,20,21)(H2,22,23,24)(H2,25,26,27). The van der Waals surface area contributed by atoms with E-state index in [1.165, 1.54) is 3.11 Å². The SMILES string of the molecule is CCN(CCN(CCN(I)CP(=O)(O)O)CP(=O)(O)c1ccccc1)CP(=O)(O)O. The van der Waals surface area contributed by atoms with Crippen molar-refractivity contribution in [2.24, 2.45) is 0 Å². The second-order valence-electron chi connectivity index (χ2n) is 6.81. The number of nitrogens with zero attached hydrogens (tertiary/aromatic N) is 3. The number of hydrogen-bond acceptors (Lipinski definition) is 6.